The number of benzene rings is 1. The topological polar surface area (TPSA) is 117 Å². The number of nitrogens with one attached hydrogen (secondary N) is 3. The first kappa shape index (κ1) is 23.4. The third-order valence-corrected chi connectivity index (χ3v) is 3.78. The molecule has 4 N–H and O–H groups in total. The number of amides is 3. The van der Waals surface area contributed by atoms with Crippen molar-refractivity contribution in [3.8, 4) is 0 Å². The third kappa shape index (κ3) is 7.96. The van der Waals surface area contributed by atoms with Gasteiger partial charge in [0.15, 0.2) is 0 Å². The number of aliphatic hydroxyl groups excluding tert-OH is 1. The normalized spacial score (nSPS) is 13.4. The molecule has 0 aromatic heterocycles. The van der Waals surface area contributed by atoms with Crippen molar-refractivity contribution in [3.05, 3.63) is 29.8 Å². The summed E-state index contributed by atoms with van der Waals surface area (Å²) in [6, 6.07) is 5.06. The minimum absolute atomic E-state index is 0.0814. The van der Waals surface area contributed by atoms with E-state index in [1.807, 2.05) is 0 Å². The minimum atomic E-state index is -0.839. The first-order valence-electron chi connectivity index (χ1n) is 9.23. The number of ether oxygens (including phenoxy) is 1. The summed E-state index contributed by atoms with van der Waals surface area (Å²) in [6.07, 6.45) is -0.692. The van der Waals surface area contributed by atoms with Crippen LogP contribution in [0.4, 0.5) is 10.5 Å². The number of carbonyl (C=O) groups is 3. The van der Waals surface area contributed by atoms with E-state index in [4.69, 9.17) is 9.84 Å². The van der Waals surface area contributed by atoms with Gasteiger partial charge in [0, 0.05) is 5.69 Å². The van der Waals surface area contributed by atoms with E-state index in [0.29, 0.717) is 5.69 Å². The number of hydrogen-bond acceptors (Lipinski definition) is 5. The highest BCUT2D eigenvalue weighted by Crippen LogP contribution is 2.11. The van der Waals surface area contributed by atoms with Crippen LogP contribution in [-0.2, 0) is 20.9 Å². The second-order valence-corrected chi connectivity index (χ2v) is 7.94. The number of carbonyl (C=O) groups excluding carboxylic acids is 3. The fourth-order valence-electron chi connectivity index (χ4n) is 2.28. The third-order valence-electron chi connectivity index (χ3n) is 3.78. The predicted molar refractivity (Wildman–Crippen MR) is 107 cm³/mol. The van der Waals surface area contributed by atoms with Gasteiger partial charge in [-0.3, -0.25) is 9.59 Å². The van der Waals surface area contributed by atoms with Crippen molar-refractivity contribution in [2.75, 3.05) is 5.32 Å². The Balaban J connectivity index is 2.67. The number of aliphatic hydroxyl groups is 1. The molecule has 3 amide bonds. The molecule has 8 nitrogen and oxygen atoms in total. The number of alkyl carbamates (subject to hydrolysis) is 1. The van der Waals surface area contributed by atoms with Gasteiger partial charge in [-0.15, -0.1) is 0 Å². The number of rotatable bonds is 7. The Morgan fingerprint density at radius 3 is 2.04 bits per heavy atom. The average Bonchev–Trinajstić information content (AvgIpc) is 2.58. The maximum absolute atomic E-state index is 12.5. The second kappa shape index (κ2) is 10.1. The van der Waals surface area contributed by atoms with E-state index in [1.165, 1.54) is 0 Å². The van der Waals surface area contributed by atoms with Gasteiger partial charge in [-0.25, -0.2) is 4.79 Å². The summed E-state index contributed by atoms with van der Waals surface area (Å²) in [5.41, 5.74) is 0.601. The molecule has 0 unspecified atom stereocenters. The molecule has 0 heterocycles. The summed E-state index contributed by atoms with van der Waals surface area (Å²) in [4.78, 5) is 36.8. The van der Waals surface area contributed by atoms with Crippen LogP contribution in [0.15, 0.2) is 24.3 Å². The Labute approximate surface area is 166 Å². The fraction of sp³-hybridized carbons (Fsp3) is 0.550. The molecule has 0 saturated carbocycles. The van der Waals surface area contributed by atoms with Gasteiger partial charge in [-0.2, -0.15) is 0 Å². The van der Waals surface area contributed by atoms with Crippen LogP contribution in [-0.4, -0.2) is 40.7 Å². The van der Waals surface area contributed by atoms with Crippen LogP contribution in [0.25, 0.3) is 0 Å². The van der Waals surface area contributed by atoms with E-state index < -0.39 is 35.6 Å². The Bertz CT molecular complexity index is 680. The maximum atomic E-state index is 12.5. The zero-order valence-electron chi connectivity index (χ0n) is 17.3. The lowest BCUT2D eigenvalue weighted by atomic mass is 10.0. The molecule has 0 saturated heterocycles. The van der Waals surface area contributed by atoms with E-state index in [0.717, 1.165) is 5.56 Å². The summed E-state index contributed by atoms with van der Waals surface area (Å²) >= 11 is 0. The molecule has 1 aromatic carbocycles. The van der Waals surface area contributed by atoms with Crippen molar-refractivity contribution in [2.24, 2.45) is 5.92 Å². The van der Waals surface area contributed by atoms with Gasteiger partial charge in [0.2, 0.25) is 11.8 Å². The van der Waals surface area contributed by atoms with Crippen LogP contribution in [0.5, 0.6) is 0 Å². The first-order valence-corrected chi connectivity index (χ1v) is 9.23. The molecule has 1 rings (SSSR count). The molecule has 0 spiro atoms. The zero-order valence-corrected chi connectivity index (χ0v) is 17.3. The first-order chi connectivity index (χ1) is 12.9. The lowest BCUT2D eigenvalue weighted by molar-refractivity contribution is -0.128. The highest BCUT2D eigenvalue weighted by atomic mass is 16.6. The van der Waals surface area contributed by atoms with Crippen LogP contribution < -0.4 is 16.0 Å². The standard InChI is InChI=1S/C20H31N3O5/c1-12(2)16(23-19(27)28-20(4,5)6)18(26)21-13(3)17(25)22-15-9-7-14(11-24)8-10-15/h7-10,12-13,16,24H,11H2,1-6H3,(H,21,26)(H,22,25)(H,23,27)/t13-,16-/m0/s1. The molecule has 0 bridgehead atoms. The summed E-state index contributed by atoms with van der Waals surface area (Å²) in [5, 5.41) is 16.9. The molecule has 2 atom stereocenters. The summed E-state index contributed by atoms with van der Waals surface area (Å²) in [7, 11) is 0. The summed E-state index contributed by atoms with van der Waals surface area (Å²) in [6.45, 7) is 10.2. The van der Waals surface area contributed by atoms with Gasteiger partial charge in [0.05, 0.1) is 6.61 Å². The monoisotopic (exact) mass is 393 g/mol. The molecule has 28 heavy (non-hydrogen) atoms. The van der Waals surface area contributed by atoms with E-state index in [1.54, 1.807) is 65.8 Å². The van der Waals surface area contributed by atoms with Gasteiger partial charge < -0.3 is 25.8 Å². The SMILES string of the molecule is CC(C)[C@H](NC(=O)OC(C)(C)C)C(=O)N[C@@H](C)C(=O)Nc1ccc(CO)cc1. The van der Waals surface area contributed by atoms with Crippen molar-refractivity contribution in [1.82, 2.24) is 10.6 Å². The van der Waals surface area contributed by atoms with Crippen molar-refractivity contribution in [2.45, 2.75) is 65.8 Å². The van der Waals surface area contributed by atoms with Gasteiger partial charge in [0.1, 0.15) is 17.7 Å². The molecule has 0 aliphatic rings. The molecule has 0 radical (unpaired) electrons. The van der Waals surface area contributed by atoms with E-state index >= 15 is 0 Å². The fourth-order valence-corrected chi connectivity index (χ4v) is 2.28. The molecular weight excluding hydrogens is 362 g/mol. The number of hydrogen-bond donors (Lipinski definition) is 4. The van der Waals surface area contributed by atoms with Crippen molar-refractivity contribution in [1.29, 1.82) is 0 Å². The number of anilines is 1. The molecule has 0 aliphatic carbocycles. The molecular formula is C20H31N3O5. The van der Waals surface area contributed by atoms with Crippen LogP contribution in [0.2, 0.25) is 0 Å². The molecule has 0 aliphatic heterocycles. The van der Waals surface area contributed by atoms with E-state index in [2.05, 4.69) is 16.0 Å². The maximum Gasteiger partial charge on any atom is 0.408 e. The summed E-state index contributed by atoms with van der Waals surface area (Å²) in [5.74, 6) is -1.07. The van der Waals surface area contributed by atoms with E-state index in [9.17, 15) is 14.4 Å². The highest BCUT2D eigenvalue weighted by Gasteiger charge is 2.28. The van der Waals surface area contributed by atoms with Crippen LogP contribution in [0.3, 0.4) is 0 Å². The van der Waals surface area contributed by atoms with E-state index in [-0.39, 0.29) is 12.5 Å². The largest absolute Gasteiger partial charge is 0.444 e. The Morgan fingerprint density at radius 1 is 1.00 bits per heavy atom. The van der Waals surface area contributed by atoms with Gasteiger partial charge in [-0.05, 0) is 51.3 Å². The average molecular weight is 393 g/mol. The molecule has 0 fully saturated rings. The van der Waals surface area contributed by atoms with Gasteiger partial charge in [-0.1, -0.05) is 26.0 Å². The predicted octanol–water partition coefficient (Wildman–Crippen LogP) is 2.17. The van der Waals surface area contributed by atoms with Crippen molar-refractivity contribution in [3.63, 3.8) is 0 Å². The quantitative estimate of drug-likeness (QED) is 0.566. The lowest BCUT2D eigenvalue weighted by Gasteiger charge is -2.26. The molecule has 156 valence electrons. The van der Waals surface area contributed by atoms with Crippen molar-refractivity contribution >= 4 is 23.6 Å². The Hall–Kier alpha value is -2.61. The molecule has 8 heteroatoms. The Morgan fingerprint density at radius 2 is 1.57 bits per heavy atom. The van der Waals surface area contributed by atoms with Crippen LogP contribution in [0.1, 0.15) is 47.1 Å². The van der Waals surface area contributed by atoms with Crippen LogP contribution >= 0.6 is 0 Å². The Kier molecular flexibility index (Phi) is 8.43. The van der Waals surface area contributed by atoms with Gasteiger partial charge >= 0.3 is 6.09 Å². The zero-order chi connectivity index (χ0) is 21.5. The smallest absolute Gasteiger partial charge is 0.408 e. The minimum Gasteiger partial charge on any atom is -0.444 e. The lowest BCUT2D eigenvalue weighted by Crippen LogP contribution is -2.54. The van der Waals surface area contributed by atoms with Crippen molar-refractivity contribution < 1.29 is 24.2 Å². The summed E-state index contributed by atoms with van der Waals surface area (Å²) < 4.78 is 5.19. The van der Waals surface area contributed by atoms with Gasteiger partial charge in [0.25, 0.3) is 0 Å². The molecule has 1 aromatic rings. The highest BCUT2D eigenvalue weighted by molar-refractivity contribution is 5.98. The second-order valence-electron chi connectivity index (χ2n) is 7.94. The van der Waals surface area contributed by atoms with Crippen LogP contribution in [0, 0.1) is 5.92 Å².